The van der Waals surface area contributed by atoms with Crippen molar-refractivity contribution < 1.29 is 9.53 Å². The third kappa shape index (κ3) is 5.23. The van der Waals surface area contributed by atoms with Crippen molar-refractivity contribution in [3.05, 3.63) is 63.9 Å². The molecule has 2 aromatic carbocycles. The van der Waals surface area contributed by atoms with Crippen LogP contribution >= 0.6 is 35.0 Å². The van der Waals surface area contributed by atoms with Gasteiger partial charge in [-0.05, 0) is 37.6 Å². The minimum atomic E-state index is -0.290. The molecule has 0 bridgehead atoms. The SMILES string of the molecule is Cc1ccccc1OC(C)c1nnc(SCC(=O)Nc2cccc(Cl)c2Cl)n1C. The van der Waals surface area contributed by atoms with E-state index < -0.39 is 0 Å². The number of rotatable bonds is 7. The van der Waals surface area contributed by atoms with Crippen LogP contribution in [-0.2, 0) is 11.8 Å². The van der Waals surface area contributed by atoms with E-state index in [0.717, 1.165) is 11.3 Å². The smallest absolute Gasteiger partial charge is 0.234 e. The zero-order valence-electron chi connectivity index (χ0n) is 16.1. The number of anilines is 1. The van der Waals surface area contributed by atoms with E-state index in [1.54, 1.807) is 18.2 Å². The van der Waals surface area contributed by atoms with Gasteiger partial charge in [0.25, 0.3) is 0 Å². The Hall–Kier alpha value is -2.22. The number of nitrogens with zero attached hydrogens (tertiary/aromatic N) is 3. The zero-order chi connectivity index (χ0) is 21.0. The van der Waals surface area contributed by atoms with Crippen LogP contribution < -0.4 is 10.1 Å². The summed E-state index contributed by atoms with van der Waals surface area (Å²) in [5.74, 6) is 1.42. The number of carbonyl (C=O) groups excluding carboxylic acids is 1. The summed E-state index contributed by atoms with van der Waals surface area (Å²) in [4.78, 5) is 12.3. The van der Waals surface area contributed by atoms with Crippen molar-refractivity contribution in [1.82, 2.24) is 14.8 Å². The number of halogens is 2. The number of benzene rings is 2. The summed E-state index contributed by atoms with van der Waals surface area (Å²) < 4.78 is 7.84. The quantitative estimate of drug-likeness (QED) is 0.494. The minimum absolute atomic E-state index is 0.155. The monoisotopic (exact) mass is 450 g/mol. The molecule has 6 nitrogen and oxygen atoms in total. The molecule has 0 fully saturated rings. The molecule has 1 unspecified atom stereocenters. The largest absolute Gasteiger partial charge is 0.482 e. The molecule has 1 amide bonds. The molecular weight excluding hydrogens is 431 g/mol. The second kappa shape index (κ2) is 9.52. The fraction of sp³-hybridized carbons (Fsp3) is 0.250. The van der Waals surface area contributed by atoms with Crippen LogP contribution in [0.5, 0.6) is 5.75 Å². The Morgan fingerprint density at radius 3 is 2.72 bits per heavy atom. The van der Waals surface area contributed by atoms with E-state index in [1.807, 2.05) is 49.7 Å². The van der Waals surface area contributed by atoms with E-state index in [4.69, 9.17) is 27.9 Å². The van der Waals surface area contributed by atoms with Crippen LogP contribution in [0.3, 0.4) is 0 Å². The Bertz CT molecular complexity index is 1030. The second-order valence-corrected chi connectivity index (χ2v) is 8.09. The number of ether oxygens (including phenoxy) is 1. The molecule has 3 rings (SSSR count). The van der Waals surface area contributed by atoms with Gasteiger partial charge < -0.3 is 14.6 Å². The Kier molecular flexibility index (Phi) is 7.05. The van der Waals surface area contributed by atoms with Gasteiger partial charge in [-0.2, -0.15) is 0 Å². The van der Waals surface area contributed by atoms with Crippen LogP contribution in [0.2, 0.25) is 10.0 Å². The van der Waals surface area contributed by atoms with E-state index >= 15 is 0 Å². The van der Waals surface area contributed by atoms with Crippen LogP contribution in [0.4, 0.5) is 5.69 Å². The molecule has 0 saturated heterocycles. The first-order chi connectivity index (χ1) is 13.9. The molecular formula is C20H20Cl2N4O2S. The van der Waals surface area contributed by atoms with Gasteiger partial charge in [-0.3, -0.25) is 4.79 Å². The van der Waals surface area contributed by atoms with E-state index in [-0.39, 0.29) is 17.8 Å². The maximum absolute atomic E-state index is 12.3. The fourth-order valence-electron chi connectivity index (χ4n) is 2.65. The van der Waals surface area contributed by atoms with Crippen molar-refractivity contribution in [2.24, 2.45) is 7.05 Å². The van der Waals surface area contributed by atoms with Crippen molar-refractivity contribution in [3.63, 3.8) is 0 Å². The lowest BCUT2D eigenvalue weighted by atomic mass is 10.2. The molecule has 1 aromatic heterocycles. The predicted octanol–water partition coefficient (Wildman–Crippen LogP) is 5.30. The van der Waals surface area contributed by atoms with Crippen LogP contribution in [0, 0.1) is 6.92 Å². The summed E-state index contributed by atoms with van der Waals surface area (Å²) >= 11 is 13.3. The van der Waals surface area contributed by atoms with Crippen LogP contribution in [0.25, 0.3) is 0 Å². The van der Waals surface area contributed by atoms with Gasteiger partial charge in [0.1, 0.15) is 5.75 Å². The van der Waals surface area contributed by atoms with Crippen molar-refractivity contribution >= 4 is 46.6 Å². The van der Waals surface area contributed by atoms with Gasteiger partial charge in [-0.1, -0.05) is 59.2 Å². The first-order valence-corrected chi connectivity index (χ1v) is 10.6. The number of para-hydroxylation sites is 1. The van der Waals surface area contributed by atoms with E-state index in [1.165, 1.54) is 11.8 Å². The zero-order valence-corrected chi connectivity index (χ0v) is 18.5. The maximum Gasteiger partial charge on any atom is 0.234 e. The third-order valence-electron chi connectivity index (χ3n) is 4.19. The minimum Gasteiger partial charge on any atom is -0.482 e. The molecule has 0 spiro atoms. The molecule has 1 atom stereocenters. The first-order valence-electron chi connectivity index (χ1n) is 8.85. The summed E-state index contributed by atoms with van der Waals surface area (Å²) in [5.41, 5.74) is 1.52. The molecule has 0 aliphatic rings. The van der Waals surface area contributed by atoms with Gasteiger partial charge in [0.2, 0.25) is 5.91 Å². The molecule has 1 heterocycles. The van der Waals surface area contributed by atoms with E-state index in [0.29, 0.717) is 26.7 Å². The van der Waals surface area contributed by atoms with Crippen molar-refractivity contribution in [2.75, 3.05) is 11.1 Å². The molecule has 3 aromatic rings. The maximum atomic E-state index is 12.3. The molecule has 0 saturated carbocycles. The lowest BCUT2D eigenvalue weighted by Crippen LogP contribution is -2.15. The second-order valence-electron chi connectivity index (χ2n) is 6.36. The van der Waals surface area contributed by atoms with E-state index in [9.17, 15) is 4.79 Å². The summed E-state index contributed by atoms with van der Waals surface area (Å²) in [6, 6.07) is 12.9. The summed E-state index contributed by atoms with van der Waals surface area (Å²) in [6.07, 6.45) is -0.290. The van der Waals surface area contributed by atoms with Gasteiger partial charge in [0, 0.05) is 7.05 Å². The Morgan fingerprint density at radius 1 is 1.21 bits per heavy atom. The topological polar surface area (TPSA) is 69.0 Å². The summed E-state index contributed by atoms with van der Waals surface area (Å²) in [5, 5.41) is 12.5. The summed E-state index contributed by atoms with van der Waals surface area (Å²) in [7, 11) is 1.85. The Morgan fingerprint density at radius 2 is 1.97 bits per heavy atom. The number of amides is 1. The molecule has 152 valence electrons. The van der Waals surface area contributed by atoms with Crippen LogP contribution in [0.1, 0.15) is 24.4 Å². The van der Waals surface area contributed by atoms with Crippen molar-refractivity contribution in [2.45, 2.75) is 25.1 Å². The van der Waals surface area contributed by atoms with Gasteiger partial charge in [0.15, 0.2) is 17.1 Å². The number of nitrogens with one attached hydrogen (secondary N) is 1. The van der Waals surface area contributed by atoms with Gasteiger partial charge >= 0.3 is 0 Å². The molecule has 1 N–H and O–H groups in total. The number of hydrogen-bond acceptors (Lipinski definition) is 5. The molecule has 29 heavy (non-hydrogen) atoms. The molecule has 0 aliphatic heterocycles. The first kappa shape index (κ1) is 21.5. The number of hydrogen-bond donors (Lipinski definition) is 1. The molecule has 0 aliphatic carbocycles. The highest BCUT2D eigenvalue weighted by atomic mass is 35.5. The fourth-order valence-corrected chi connectivity index (χ4v) is 3.72. The van der Waals surface area contributed by atoms with Gasteiger partial charge in [-0.25, -0.2) is 0 Å². The average molecular weight is 451 g/mol. The van der Waals surface area contributed by atoms with Crippen LogP contribution in [-0.4, -0.2) is 26.4 Å². The lowest BCUT2D eigenvalue weighted by molar-refractivity contribution is -0.113. The average Bonchev–Trinajstić information content (AvgIpc) is 3.06. The van der Waals surface area contributed by atoms with Gasteiger partial charge in [-0.15, -0.1) is 10.2 Å². The predicted molar refractivity (Wildman–Crippen MR) is 117 cm³/mol. The standard InChI is InChI=1S/C20H20Cl2N4O2S/c1-12-7-4-5-10-16(12)28-13(2)19-24-25-20(26(19)3)29-11-17(27)23-15-9-6-8-14(21)18(15)22/h4-10,13H,11H2,1-3H3,(H,23,27). The number of carbonyl (C=O) groups is 1. The van der Waals surface area contributed by atoms with E-state index in [2.05, 4.69) is 15.5 Å². The Balaban J connectivity index is 1.61. The molecule has 9 heteroatoms. The highest BCUT2D eigenvalue weighted by molar-refractivity contribution is 7.99. The number of aryl methyl sites for hydroxylation is 1. The van der Waals surface area contributed by atoms with Gasteiger partial charge in [0.05, 0.1) is 21.5 Å². The number of aromatic nitrogens is 3. The third-order valence-corrected chi connectivity index (χ3v) is 6.03. The Labute approximate surface area is 183 Å². The van der Waals surface area contributed by atoms with Crippen molar-refractivity contribution in [3.8, 4) is 5.75 Å². The lowest BCUT2D eigenvalue weighted by Gasteiger charge is -2.15. The number of thioether (sulfide) groups is 1. The highest BCUT2D eigenvalue weighted by Gasteiger charge is 2.19. The van der Waals surface area contributed by atoms with Crippen LogP contribution in [0.15, 0.2) is 47.6 Å². The normalized spacial score (nSPS) is 11.9. The highest BCUT2D eigenvalue weighted by Crippen LogP contribution is 2.30. The summed E-state index contributed by atoms with van der Waals surface area (Å²) in [6.45, 7) is 3.91. The van der Waals surface area contributed by atoms with Crippen molar-refractivity contribution in [1.29, 1.82) is 0 Å². The molecule has 0 radical (unpaired) electrons.